The summed E-state index contributed by atoms with van der Waals surface area (Å²) in [5.41, 5.74) is 14.0. The monoisotopic (exact) mass is 363 g/mol. The maximum Gasteiger partial charge on any atom is 0.220 e. The number of hydrogen-bond donors (Lipinski definition) is 2. The number of rotatable bonds is 2. The van der Waals surface area contributed by atoms with E-state index in [0.717, 1.165) is 42.3 Å². The third-order valence-electron chi connectivity index (χ3n) is 4.53. The maximum atomic E-state index is 6.23. The molecule has 118 valence electrons. The molecule has 1 heterocycles. The van der Waals surface area contributed by atoms with Gasteiger partial charge in [0.05, 0.1) is 0 Å². The number of guanidine groups is 2. The van der Waals surface area contributed by atoms with Crippen LogP contribution in [0.1, 0.15) is 44.6 Å². The SMILES string of the molecule is CCc1ccc(N2C(N)=NC(N)=NC23CCCCC3)cc1Br. The highest BCUT2D eigenvalue weighted by molar-refractivity contribution is 9.10. The maximum absolute atomic E-state index is 6.23. The lowest BCUT2D eigenvalue weighted by Gasteiger charge is -2.45. The lowest BCUT2D eigenvalue weighted by molar-refractivity contribution is 0.305. The normalized spacial score (nSPS) is 20.7. The van der Waals surface area contributed by atoms with Gasteiger partial charge in [-0.05, 0) is 49.8 Å². The van der Waals surface area contributed by atoms with Gasteiger partial charge in [-0.1, -0.05) is 35.3 Å². The van der Waals surface area contributed by atoms with Gasteiger partial charge in [0.1, 0.15) is 5.66 Å². The summed E-state index contributed by atoms with van der Waals surface area (Å²) in [6.45, 7) is 2.14. The van der Waals surface area contributed by atoms with Crippen LogP contribution in [0.3, 0.4) is 0 Å². The first-order valence-corrected chi connectivity index (χ1v) is 8.63. The van der Waals surface area contributed by atoms with Gasteiger partial charge in [0.2, 0.25) is 11.9 Å². The smallest absolute Gasteiger partial charge is 0.220 e. The van der Waals surface area contributed by atoms with Gasteiger partial charge in [-0.15, -0.1) is 0 Å². The van der Waals surface area contributed by atoms with Crippen molar-refractivity contribution in [3.8, 4) is 0 Å². The number of hydrogen-bond acceptors (Lipinski definition) is 5. The number of anilines is 1. The first-order chi connectivity index (χ1) is 10.6. The van der Waals surface area contributed by atoms with Gasteiger partial charge in [0.25, 0.3) is 0 Å². The van der Waals surface area contributed by atoms with Gasteiger partial charge >= 0.3 is 0 Å². The van der Waals surface area contributed by atoms with Crippen LogP contribution in [-0.4, -0.2) is 17.6 Å². The fraction of sp³-hybridized carbons (Fsp3) is 0.500. The molecule has 0 saturated heterocycles. The summed E-state index contributed by atoms with van der Waals surface area (Å²) < 4.78 is 1.09. The molecule has 0 amide bonds. The molecule has 2 aliphatic rings. The van der Waals surface area contributed by atoms with Crippen molar-refractivity contribution in [2.45, 2.75) is 51.1 Å². The lowest BCUT2D eigenvalue weighted by atomic mass is 9.87. The van der Waals surface area contributed by atoms with Crippen LogP contribution in [0.4, 0.5) is 5.69 Å². The Morgan fingerprint density at radius 1 is 1.23 bits per heavy atom. The Morgan fingerprint density at radius 2 is 1.95 bits per heavy atom. The number of aliphatic imine (C=N–C) groups is 2. The molecule has 22 heavy (non-hydrogen) atoms. The number of nitrogens with zero attached hydrogens (tertiary/aromatic N) is 3. The summed E-state index contributed by atoms with van der Waals surface area (Å²) in [6, 6.07) is 6.33. The fourth-order valence-corrected chi connectivity index (χ4v) is 4.10. The standard InChI is InChI=1S/C16H22BrN5/c1-2-11-6-7-12(10-13(11)17)22-15(19)20-14(18)21-16(22)8-4-3-5-9-16/h6-7,10H,2-5,8-9H2,1H3,(H4,18,19,20,21). The zero-order chi connectivity index (χ0) is 15.7. The number of benzene rings is 1. The molecular weight excluding hydrogens is 342 g/mol. The van der Waals surface area contributed by atoms with Crippen LogP contribution in [0.25, 0.3) is 0 Å². The Hall–Kier alpha value is -1.56. The Kier molecular flexibility index (Phi) is 4.12. The van der Waals surface area contributed by atoms with E-state index < -0.39 is 0 Å². The molecule has 1 aromatic rings. The average molecular weight is 364 g/mol. The fourth-order valence-electron chi connectivity index (χ4n) is 3.46. The summed E-state index contributed by atoms with van der Waals surface area (Å²) in [5, 5.41) is 0. The van der Waals surface area contributed by atoms with E-state index in [4.69, 9.17) is 16.5 Å². The molecule has 0 radical (unpaired) electrons. The third kappa shape index (κ3) is 2.60. The summed E-state index contributed by atoms with van der Waals surface area (Å²) in [5.74, 6) is 0.727. The van der Waals surface area contributed by atoms with E-state index in [1.165, 1.54) is 12.0 Å². The summed E-state index contributed by atoms with van der Waals surface area (Å²) in [4.78, 5) is 10.9. The highest BCUT2D eigenvalue weighted by Gasteiger charge is 2.42. The number of nitrogens with two attached hydrogens (primary N) is 2. The van der Waals surface area contributed by atoms with Crippen molar-refractivity contribution in [3.05, 3.63) is 28.2 Å². The van der Waals surface area contributed by atoms with Crippen LogP contribution in [0.15, 0.2) is 32.7 Å². The van der Waals surface area contributed by atoms with E-state index in [9.17, 15) is 0 Å². The molecule has 1 aliphatic carbocycles. The topological polar surface area (TPSA) is 80.0 Å². The van der Waals surface area contributed by atoms with E-state index in [2.05, 4.69) is 50.9 Å². The zero-order valence-corrected chi connectivity index (χ0v) is 14.4. The number of aryl methyl sites for hydroxylation is 1. The summed E-state index contributed by atoms with van der Waals surface area (Å²) in [6.07, 6.45) is 6.40. The Balaban J connectivity index is 2.06. The average Bonchev–Trinajstić information content (AvgIpc) is 2.47. The molecule has 4 N–H and O–H groups in total. The minimum Gasteiger partial charge on any atom is -0.369 e. The van der Waals surface area contributed by atoms with Gasteiger partial charge in [-0.25, -0.2) is 4.99 Å². The van der Waals surface area contributed by atoms with Crippen molar-refractivity contribution >= 4 is 33.5 Å². The molecule has 1 aliphatic heterocycles. The van der Waals surface area contributed by atoms with Crippen molar-refractivity contribution < 1.29 is 0 Å². The molecule has 1 saturated carbocycles. The molecule has 1 aromatic carbocycles. The van der Waals surface area contributed by atoms with Crippen LogP contribution in [0, 0.1) is 0 Å². The second-order valence-electron chi connectivity index (χ2n) is 5.95. The van der Waals surface area contributed by atoms with Crippen molar-refractivity contribution in [2.24, 2.45) is 21.5 Å². The van der Waals surface area contributed by atoms with Gasteiger partial charge in [0.15, 0.2) is 0 Å². The van der Waals surface area contributed by atoms with Crippen LogP contribution in [0.5, 0.6) is 0 Å². The second kappa shape index (κ2) is 5.91. The van der Waals surface area contributed by atoms with Crippen LogP contribution < -0.4 is 16.4 Å². The molecule has 0 aromatic heterocycles. The van der Waals surface area contributed by atoms with E-state index >= 15 is 0 Å². The summed E-state index contributed by atoms with van der Waals surface area (Å²) in [7, 11) is 0. The lowest BCUT2D eigenvalue weighted by Crippen LogP contribution is -2.58. The summed E-state index contributed by atoms with van der Waals surface area (Å²) >= 11 is 3.65. The highest BCUT2D eigenvalue weighted by atomic mass is 79.9. The zero-order valence-electron chi connectivity index (χ0n) is 12.8. The highest BCUT2D eigenvalue weighted by Crippen LogP contribution is 2.40. The molecular formula is C16H22BrN5. The van der Waals surface area contributed by atoms with Crippen LogP contribution >= 0.6 is 15.9 Å². The van der Waals surface area contributed by atoms with Crippen molar-refractivity contribution in [2.75, 3.05) is 4.90 Å². The minimum atomic E-state index is -0.374. The van der Waals surface area contributed by atoms with E-state index in [-0.39, 0.29) is 5.66 Å². The largest absolute Gasteiger partial charge is 0.369 e. The molecule has 1 fully saturated rings. The predicted molar refractivity (Wildman–Crippen MR) is 95.1 cm³/mol. The minimum absolute atomic E-state index is 0.292. The van der Waals surface area contributed by atoms with Gasteiger partial charge < -0.3 is 11.5 Å². The molecule has 0 atom stereocenters. The van der Waals surface area contributed by atoms with Crippen molar-refractivity contribution in [1.29, 1.82) is 0 Å². The molecule has 3 rings (SSSR count). The van der Waals surface area contributed by atoms with Gasteiger partial charge in [-0.2, -0.15) is 4.99 Å². The first-order valence-electron chi connectivity index (χ1n) is 7.84. The Bertz CT molecular complexity index is 631. The van der Waals surface area contributed by atoms with Crippen molar-refractivity contribution in [3.63, 3.8) is 0 Å². The van der Waals surface area contributed by atoms with Crippen molar-refractivity contribution in [1.82, 2.24) is 0 Å². The van der Waals surface area contributed by atoms with Crippen LogP contribution in [0.2, 0.25) is 0 Å². The Morgan fingerprint density at radius 3 is 2.59 bits per heavy atom. The number of halogens is 1. The third-order valence-corrected chi connectivity index (χ3v) is 5.27. The first kappa shape index (κ1) is 15.3. The molecule has 0 bridgehead atoms. The molecule has 5 nitrogen and oxygen atoms in total. The van der Waals surface area contributed by atoms with E-state index in [1.807, 2.05) is 0 Å². The molecule has 0 unspecified atom stereocenters. The van der Waals surface area contributed by atoms with Gasteiger partial charge in [-0.3, -0.25) is 4.90 Å². The predicted octanol–water partition coefficient (Wildman–Crippen LogP) is 3.12. The molecule has 6 heteroatoms. The van der Waals surface area contributed by atoms with E-state index in [0.29, 0.717) is 11.9 Å². The van der Waals surface area contributed by atoms with E-state index in [1.54, 1.807) is 0 Å². The second-order valence-corrected chi connectivity index (χ2v) is 6.80. The quantitative estimate of drug-likeness (QED) is 0.846. The Labute approximate surface area is 139 Å². The van der Waals surface area contributed by atoms with Crippen LogP contribution in [-0.2, 0) is 6.42 Å². The molecule has 1 spiro atoms. The van der Waals surface area contributed by atoms with Gasteiger partial charge in [0, 0.05) is 10.2 Å².